The van der Waals surface area contributed by atoms with Gasteiger partial charge >= 0.3 is 0 Å². The minimum atomic E-state index is -3.21. The molecule has 7 nitrogen and oxygen atoms in total. The molecule has 0 radical (unpaired) electrons. The third-order valence-electron chi connectivity index (χ3n) is 7.76. The summed E-state index contributed by atoms with van der Waals surface area (Å²) in [5.41, 5.74) is 1.66. The van der Waals surface area contributed by atoms with E-state index in [0.717, 1.165) is 24.8 Å². The van der Waals surface area contributed by atoms with Crippen molar-refractivity contribution in [2.45, 2.75) is 81.5 Å². The quantitative estimate of drug-likeness (QED) is 0.378. The molecule has 0 bridgehead atoms. The van der Waals surface area contributed by atoms with Crippen LogP contribution < -0.4 is 10.1 Å². The lowest BCUT2D eigenvalue weighted by Gasteiger charge is -2.29. The number of carbonyl (C=O) groups is 1. The third kappa shape index (κ3) is 9.01. The summed E-state index contributed by atoms with van der Waals surface area (Å²) in [4.78, 5) is 14.7. The van der Waals surface area contributed by atoms with Gasteiger partial charge in [0.1, 0.15) is 24.6 Å². The number of nitrogens with zero attached hydrogens (tertiary/aromatic N) is 1. The number of hydrogen-bond acceptors (Lipinski definition) is 6. The van der Waals surface area contributed by atoms with Gasteiger partial charge in [-0.1, -0.05) is 61.7 Å². The van der Waals surface area contributed by atoms with Crippen LogP contribution >= 0.6 is 0 Å². The Labute approximate surface area is 231 Å². The zero-order chi connectivity index (χ0) is 27.7. The molecule has 1 amide bonds. The van der Waals surface area contributed by atoms with Crippen LogP contribution in [0.1, 0.15) is 68.6 Å². The molecule has 39 heavy (non-hydrogen) atoms. The summed E-state index contributed by atoms with van der Waals surface area (Å²) in [6.45, 7) is 1.56. The first-order valence-electron chi connectivity index (χ1n) is 14.1. The number of ether oxygens (including phenoxy) is 1. The Morgan fingerprint density at radius 2 is 1.77 bits per heavy atom. The van der Waals surface area contributed by atoms with E-state index in [1.165, 1.54) is 0 Å². The molecule has 0 spiro atoms. The number of alkyl halides is 1. The second kappa shape index (κ2) is 14.2. The molecule has 4 rings (SSSR count). The predicted octanol–water partition coefficient (Wildman–Crippen LogP) is 4.36. The Kier molecular flexibility index (Phi) is 10.8. The van der Waals surface area contributed by atoms with Gasteiger partial charge in [0.15, 0.2) is 9.84 Å². The maximum Gasteiger partial charge on any atom is 0.220 e. The van der Waals surface area contributed by atoms with Crippen LogP contribution in [0.5, 0.6) is 5.75 Å². The highest BCUT2D eigenvalue weighted by atomic mass is 32.2. The van der Waals surface area contributed by atoms with Crippen molar-refractivity contribution in [3.63, 3.8) is 0 Å². The molecule has 1 aliphatic carbocycles. The molecule has 3 unspecified atom stereocenters. The number of aliphatic hydroxyl groups is 1. The Bertz CT molecular complexity index is 1140. The molecule has 9 heteroatoms. The van der Waals surface area contributed by atoms with Crippen molar-refractivity contribution in [1.82, 2.24) is 10.2 Å². The highest BCUT2D eigenvalue weighted by Gasteiger charge is 2.30. The van der Waals surface area contributed by atoms with Gasteiger partial charge in [0, 0.05) is 26.1 Å². The third-order valence-corrected chi connectivity index (χ3v) is 10.1. The van der Waals surface area contributed by atoms with Crippen LogP contribution in [0, 0.1) is 0 Å². The van der Waals surface area contributed by atoms with Crippen molar-refractivity contribution in [3.8, 4) is 5.75 Å². The minimum absolute atomic E-state index is 0.00158. The molecule has 3 atom stereocenters. The number of likely N-dealkylation sites (tertiary alicyclic amines) is 1. The van der Waals surface area contributed by atoms with E-state index < -0.39 is 28.2 Å². The van der Waals surface area contributed by atoms with Gasteiger partial charge < -0.3 is 15.2 Å². The van der Waals surface area contributed by atoms with Crippen molar-refractivity contribution in [1.29, 1.82) is 0 Å². The Morgan fingerprint density at radius 3 is 2.44 bits per heavy atom. The van der Waals surface area contributed by atoms with E-state index in [-0.39, 0.29) is 36.3 Å². The number of aliphatic hydroxyl groups excluding tert-OH is 1. The first-order chi connectivity index (χ1) is 18.8. The van der Waals surface area contributed by atoms with Crippen molar-refractivity contribution < 1.29 is 27.4 Å². The van der Waals surface area contributed by atoms with Gasteiger partial charge in [-0.25, -0.2) is 12.8 Å². The summed E-state index contributed by atoms with van der Waals surface area (Å²) >= 11 is 0. The monoisotopic (exact) mass is 560 g/mol. The van der Waals surface area contributed by atoms with Gasteiger partial charge in [0.2, 0.25) is 5.91 Å². The van der Waals surface area contributed by atoms with Crippen LogP contribution in [0.2, 0.25) is 0 Å². The SMILES string of the molecule is O=C(CCCS(=O)(=O)C1CCCCC1)NC(CN1CCC(F)C1)C(O)c1ccc(OCc2ccccc2)cc1. The number of halogens is 1. The lowest BCUT2D eigenvalue weighted by atomic mass is 10.0. The van der Waals surface area contributed by atoms with E-state index in [1.54, 1.807) is 24.3 Å². The Balaban J connectivity index is 1.33. The molecule has 2 aromatic rings. The second-order valence-corrected chi connectivity index (χ2v) is 13.2. The van der Waals surface area contributed by atoms with Crippen LogP contribution in [0.3, 0.4) is 0 Å². The van der Waals surface area contributed by atoms with Crippen LogP contribution in [0.4, 0.5) is 4.39 Å². The van der Waals surface area contributed by atoms with Crippen molar-refractivity contribution in [3.05, 3.63) is 65.7 Å². The Morgan fingerprint density at radius 1 is 1.05 bits per heavy atom. The largest absolute Gasteiger partial charge is 0.489 e. The summed E-state index contributed by atoms with van der Waals surface area (Å²) in [7, 11) is -3.21. The second-order valence-electron chi connectivity index (χ2n) is 10.8. The van der Waals surface area contributed by atoms with Crippen LogP contribution in [-0.2, 0) is 21.2 Å². The van der Waals surface area contributed by atoms with Gasteiger partial charge in [-0.3, -0.25) is 9.69 Å². The summed E-state index contributed by atoms with van der Waals surface area (Å²) in [6.07, 6.45) is 3.22. The van der Waals surface area contributed by atoms with Gasteiger partial charge in [-0.15, -0.1) is 0 Å². The van der Waals surface area contributed by atoms with Gasteiger partial charge in [-0.05, 0) is 48.9 Å². The molecular weight excluding hydrogens is 519 g/mol. The fraction of sp³-hybridized carbons (Fsp3) is 0.567. The molecule has 0 aromatic heterocycles. The molecule has 2 aliphatic rings. The molecule has 2 fully saturated rings. The van der Waals surface area contributed by atoms with Gasteiger partial charge in [-0.2, -0.15) is 0 Å². The van der Waals surface area contributed by atoms with E-state index in [1.807, 2.05) is 35.2 Å². The summed E-state index contributed by atoms with van der Waals surface area (Å²) < 4.78 is 45.0. The zero-order valence-electron chi connectivity index (χ0n) is 22.5. The highest BCUT2D eigenvalue weighted by Crippen LogP contribution is 2.26. The molecule has 1 heterocycles. The lowest BCUT2D eigenvalue weighted by Crippen LogP contribution is -2.47. The van der Waals surface area contributed by atoms with E-state index in [2.05, 4.69) is 5.32 Å². The molecular formula is C30H41FN2O5S. The summed E-state index contributed by atoms with van der Waals surface area (Å²) in [5, 5.41) is 13.8. The predicted molar refractivity (Wildman–Crippen MR) is 150 cm³/mol. The van der Waals surface area contributed by atoms with Gasteiger partial charge in [0.25, 0.3) is 0 Å². The van der Waals surface area contributed by atoms with E-state index in [9.17, 15) is 22.7 Å². The first-order valence-corrected chi connectivity index (χ1v) is 15.8. The minimum Gasteiger partial charge on any atom is -0.489 e. The highest BCUT2D eigenvalue weighted by molar-refractivity contribution is 7.92. The number of benzene rings is 2. The van der Waals surface area contributed by atoms with Crippen LogP contribution in [-0.4, -0.2) is 67.2 Å². The van der Waals surface area contributed by atoms with Crippen molar-refractivity contribution in [2.24, 2.45) is 0 Å². The molecule has 214 valence electrons. The maximum atomic E-state index is 13.8. The van der Waals surface area contributed by atoms with Gasteiger partial charge in [0.05, 0.1) is 17.0 Å². The normalized spacial score (nSPS) is 20.4. The maximum absolute atomic E-state index is 13.8. The molecule has 1 aliphatic heterocycles. The fourth-order valence-electron chi connectivity index (χ4n) is 5.49. The zero-order valence-corrected chi connectivity index (χ0v) is 23.3. The topological polar surface area (TPSA) is 95.9 Å². The molecule has 1 saturated carbocycles. The van der Waals surface area contributed by atoms with Crippen LogP contribution in [0.15, 0.2) is 54.6 Å². The van der Waals surface area contributed by atoms with Crippen LogP contribution in [0.25, 0.3) is 0 Å². The van der Waals surface area contributed by atoms with Crippen molar-refractivity contribution >= 4 is 15.7 Å². The molecule has 2 N–H and O–H groups in total. The number of hydrogen-bond donors (Lipinski definition) is 2. The molecule has 2 aromatic carbocycles. The van der Waals surface area contributed by atoms with E-state index in [4.69, 9.17) is 4.74 Å². The number of nitrogens with one attached hydrogen (secondary N) is 1. The number of sulfone groups is 1. The summed E-state index contributed by atoms with van der Waals surface area (Å²) in [6, 6.07) is 16.3. The lowest BCUT2D eigenvalue weighted by molar-refractivity contribution is -0.122. The average molecular weight is 561 g/mol. The smallest absolute Gasteiger partial charge is 0.220 e. The first kappa shape index (κ1) is 29.5. The van der Waals surface area contributed by atoms with Crippen molar-refractivity contribution in [2.75, 3.05) is 25.4 Å². The standard InChI is InChI=1S/C30H41FN2O5S/c31-25-17-18-33(20-25)21-28(32-29(34)12-7-19-39(36,37)27-10-5-2-6-11-27)30(35)24-13-15-26(16-14-24)38-22-23-8-3-1-4-9-23/h1,3-4,8-9,13-16,25,27-28,30,35H,2,5-7,10-12,17-22H2,(H,32,34). The number of rotatable bonds is 13. The van der Waals surface area contributed by atoms with E-state index >= 15 is 0 Å². The van der Waals surface area contributed by atoms with E-state index in [0.29, 0.717) is 50.3 Å². The molecule has 1 saturated heterocycles. The average Bonchev–Trinajstić information content (AvgIpc) is 3.36. The fourth-order valence-corrected chi connectivity index (χ4v) is 7.42. The number of amides is 1. The number of carbonyl (C=O) groups excluding carboxylic acids is 1. The Hall–Kier alpha value is -2.49. The summed E-state index contributed by atoms with van der Waals surface area (Å²) in [5.74, 6) is 0.351.